The van der Waals surface area contributed by atoms with Gasteiger partial charge in [0.1, 0.15) is 0 Å². The van der Waals surface area contributed by atoms with Crippen LogP contribution in [0.5, 0.6) is 0 Å². The molecule has 30 heavy (non-hydrogen) atoms. The first kappa shape index (κ1) is 20.3. The second kappa shape index (κ2) is 8.81. The highest BCUT2D eigenvalue weighted by atomic mass is 35.5. The maximum absolute atomic E-state index is 12.4. The summed E-state index contributed by atoms with van der Waals surface area (Å²) in [5.74, 6) is -0.0427. The van der Waals surface area contributed by atoms with Crippen molar-refractivity contribution in [2.75, 3.05) is 42.9 Å². The fourth-order valence-corrected chi connectivity index (χ4v) is 3.89. The quantitative estimate of drug-likeness (QED) is 0.632. The standard InChI is InChI=1S/C23H23ClN4O2/c1-16(29)17-2-5-19(6-3-17)26-23(30)15-27-10-12-28(13-11-27)22-8-9-25-21-14-18(24)4-7-20(21)22/h2-9,14H,10-13,15H2,1H3,(H,26,30). The fourth-order valence-electron chi connectivity index (χ4n) is 3.72. The number of rotatable bonds is 5. The van der Waals surface area contributed by atoms with Crippen molar-refractivity contribution in [2.45, 2.75) is 6.92 Å². The zero-order valence-electron chi connectivity index (χ0n) is 16.8. The molecule has 0 atom stereocenters. The summed E-state index contributed by atoms with van der Waals surface area (Å²) in [5, 5.41) is 4.67. The number of anilines is 2. The van der Waals surface area contributed by atoms with Crippen LogP contribution in [-0.2, 0) is 4.79 Å². The predicted octanol–water partition coefficient (Wildman–Crippen LogP) is 3.85. The van der Waals surface area contributed by atoms with Gasteiger partial charge in [-0.25, -0.2) is 0 Å². The van der Waals surface area contributed by atoms with E-state index in [1.54, 1.807) is 24.3 Å². The molecule has 1 aromatic heterocycles. The van der Waals surface area contributed by atoms with Crippen molar-refractivity contribution in [1.29, 1.82) is 0 Å². The molecule has 7 heteroatoms. The molecule has 154 valence electrons. The summed E-state index contributed by atoms with van der Waals surface area (Å²) in [7, 11) is 0. The van der Waals surface area contributed by atoms with Crippen LogP contribution >= 0.6 is 11.6 Å². The molecule has 2 aromatic carbocycles. The summed E-state index contributed by atoms with van der Waals surface area (Å²) in [6, 6.07) is 14.8. The largest absolute Gasteiger partial charge is 0.368 e. The highest BCUT2D eigenvalue weighted by Crippen LogP contribution is 2.28. The van der Waals surface area contributed by atoms with E-state index in [2.05, 4.69) is 20.1 Å². The third kappa shape index (κ3) is 4.61. The van der Waals surface area contributed by atoms with Gasteiger partial charge >= 0.3 is 0 Å². The van der Waals surface area contributed by atoms with E-state index in [1.165, 1.54) is 6.92 Å². The lowest BCUT2D eigenvalue weighted by atomic mass is 10.1. The Morgan fingerprint density at radius 1 is 1.03 bits per heavy atom. The third-order valence-electron chi connectivity index (χ3n) is 5.34. The monoisotopic (exact) mass is 422 g/mol. The summed E-state index contributed by atoms with van der Waals surface area (Å²) < 4.78 is 0. The van der Waals surface area contributed by atoms with Crippen LogP contribution in [0.1, 0.15) is 17.3 Å². The van der Waals surface area contributed by atoms with E-state index < -0.39 is 0 Å². The SMILES string of the molecule is CC(=O)c1ccc(NC(=O)CN2CCN(c3ccnc4cc(Cl)ccc34)CC2)cc1. The Bertz CT molecular complexity index is 1080. The van der Waals surface area contributed by atoms with E-state index in [1.807, 2.05) is 30.5 Å². The minimum atomic E-state index is -0.0528. The number of ketones is 1. The third-order valence-corrected chi connectivity index (χ3v) is 5.57. The maximum Gasteiger partial charge on any atom is 0.238 e. The van der Waals surface area contributed by atoms with Crippen LogP contribution in [0.4, 0.5) is 11.4 Å². The van der Waals surface area contributed by atoms with Crippen molar-refractivity contribution in [2.24, 2.45) is 0 Å². The number of pyridine rings is 1. The first-order chi connectivity index (χ1) is 14.5. The average molecular weight is 423 g/mol. The van der Waals surface area contributed by atoms with Gasteiger partial charge in [0.05, 0.1) is 12.1 Å². The molecule has 1 aliphatic rings. The number of hydrogen-bond acceptors (Lipinski definition) is 5. The molecule has 0 bridgehead atoms. The minimum Gasteiger partial charge on any atom is -0.368 e. The molecule has 3 aromatic rings. The van der Waals surface area contributed by atoms with E-state index in [-0.39, 0.29) is 11.7 Å². The lowest BCUT2D eigenvalue weighted by Gasteiger charge is -2.36. The number of carbonyl (C=O) groups excluding carboxylic acids is 2. The second-order valence-corrected chi connectivity index (χ2v) is 7.87. The molecule has 1 saturated heterocycles. The Labute approximate surface area is 180 Å². The van der Waals surface area contributed by atoms with Gasteiger partial charge in [0.15, 0.2) is 5.78 Å². The number of nitrogens with one attached hydrogen (secondary N) is 1. The smallest absolute Gasteiger partial charge is 0.238 e. The zero-order chi connectivity index (χ0) is 21.1. The number of aromatic nitrogens is 1. The topological polar surface area (TPSA) is 65.5 Å². The Morgan fingerprint density at radius 2 is 1.77 bits per heavy atom. The fraction of sp³-hybridized carbons (Fsp3) is 0.261. The van der Waals surface area contributed by atoms with Crippen molar-refractivity contribution in [3.05, 3.63) is 65.3 Å². The number of benzene rings is 2. The van der Waals surface area contributed by atoms with Crippen molar-refractivity contribution >= 4 is 45.6 Å². The van der Waals surface area contributed by atoms with Gasteiger partial charge in [-0.2, -0.15) is 0 Å². The van der Waals surface area contributed by atoms with Crippen LogP contribution in [0.15, 0.2) is 54.7 Å². The molecule has 0 spiro atoms. The number of hydrogen-bond donors (Lipinski definition) is 1. The molecule has 6 nitrogen and oxygen atoms in total. The molecular weight excluding hydrogens is 400 g/mol. The van der Waals surface area contributed by atoms with Crippen molar-refractivity contribution in [3.8, 4) is 0 Å². The van der Waals surface area contributed by atoms with Crippen LogP contribution < -0.4 is 10.2 Å². The molecule has 0 radical (unpaired) electrons. The zero-order valence-corrected chi connectivity index (χ0v) is 17.5. The molecule has 1 fully saturated rings. The van der Waals surface area contributed by atoms with Gasteiger partial charge < -0.3 is 10.2 Å². The highest BCUT2D eigenvalue weighted by molar-refractivity contribution is 6.31. The van der Waals surface area contributed by atoms with Gasteiger partial charge in [-0.1, -0.05) is 11.6 Å². The lowest BCUT2D eigenvalue weighted by molar-refractivity contribution is -0.117. The van der Waals surface area contributed by atoms with Gasteiger partial charge in [-0.3, -0.25) is 19.5 Å². The lowest BCUT2D eigenvalue weighted by Crippen LogP contribution is -2.48. The molecule has 0 aliphatic carbocycles. The Kier molecular flexibility index (Phi) is 5.97. The van der Waals surface area contributed by atoms with Gasteiger partial charge in [-0.15, -0.1) is 0 Å². The number of Topliss-reactive ketones (excluding diaryl/α,β-unsaturated/α-hetero) is 1. The van der Waals surface area contributed by atoms with Gasteiger partial charge in [0.2, 0.25) is 5.91 Å². The molecule has 0 unspecified atom stereocenters. The Hall–Kier alpha value is -2.96. The number of amides is 1. The summed E-state index contributed by atoms with van der Waals surface area (Å²) >= 11 is 6.09. The maximum atomic E-state index is 12.4. The van der Waals surface area contributed by atoms with Crippen molar-refractivity contribution in [3.63, 3.8) is 0 Å². The molecule has 2 heterocycles. The number of piperazine rings is 1. The summed E-state index contributed by atoms with van der Waals surface area (Å²) in [6.45, 7) is 5.14. The summed E-state index contributed by atoms with van der Waals surface area (Å²) in [5.41, 5.74) is 3.37. The average Bonchev–Trinajstić information content (AvgIpc) is 2.74. The van der Waals surface area contributed by atoms with Crippen LogP contribution in [-0.4, -0.2) is 54.3 Å². The van der Waals surface area contributed by atoms with E-state index >= 15 is 0 Å². The molecule has 1 N–H and O–H groups in total. The summed E-state index contributed by atoms with van der Waals surface area (Å²) in [4.78, 5) is 32.6. The number of nitrogens with zero attached hydrogens (tertiary/aromatic N) is 3. The van der Waals surface area contributed by atoms with Crippen LogP contribution in [0.2, 0.25) is 5.02 Å². The summed E-state index contributed by atoms with van der Waals surface area (Å²) in [6.07, 6.45) is 1.81. The molecule has 1 amide bonds. The predicted molar refractivity (Wildman–Crippen MR) is 120 cm³/mol. The first-order valence-corrected chi connectivity index (χ1v) is 10.3. The van der Waals surface area contributed by atoms with Gasteiger partial charge in [-0.05, 0) is 55.5 Å². The van der Waals surface area contributed by atoms with Crippen molar-refractivity contribution in [1.82, 2.24) is 9.88 Å². The van der Waals surface area contributed by atoms with E-state index in [4.69, 9.17) is 11.6 Å². The van der Waals surface area contributed by atoms with Gasteiger partial charge in [0.25, 0.3) is 0 Å². The molecular formula is C23H23ClN4O2. The van der Waals surface area contributed by atoms with Crippen LogP contribution in [0, 0.1) is 0 Å². The van der Waals surface area contributed by atoms with Gasteiger partial charge in [0, 0.05) is 59.7 Å². The molecule has 4 rings (SSSR count). The van der Waals surface area contributed by atoms with E-state index in [0.29, 0.717) is 22.8 Å². The number of carbonyl (C=O) groups is 2. The molecule has 1 aliphatic heterocycles. The second-order valence-electron chi connectivity index (χ2n) is 7.44. The normalized spacial score (nSPS) is 14.7. The number of halogens is 1. The van der Waals surface area contributed by atoms with Crippen molar-refractivity contribution < 1.29 is 9.59 Å². The highest BCUT2D eigenvalue weighted by Gasteiger charge is 2.20. The van der Waals surface area contributed by atoms with Crippen LogP contribution in [0.3, 0.4) is 0 Å². The van der Waals surface area contributed by atoms with E-state index in [9.17, 15) is 9.59 Å². The van der Waals surface area contributed by atoms with Crippen LogP contribution in [0.25, 0.3) is 10.9 Å². The van der Waals surface area contributed by atoms with E-state index in [0.717, 1.165) is 42.8 Å². The first-order valence-electron chi connectivity index (χ1n) is 9.92. The minimum absolute atomic E-state index is 0.0100. The number of fused-ring (bicyclic) bond motifs is 1. The Balaban J connectivity index is 1.33. The Morgan fingerprint density at radius 3 is 2.47 bits per heavy atom. The molecule has 0 saturated carbocycles.